The first-order chi connectivity index (χ1) is 6.27. The molecule has 0 aliphatic rings. The largest absolute Gasteiger partial charge is 0.326 e. The van der Waals surface area contributed by atoms with Gasteiger partial charge in [-0.25, -0.2) is 0 Å². The average Bonchev–Trinajstić information content (AvgIpc) is 2.18. The van der Waals surface area contributed by atoms with Gasteiger partial charge in [0, 0.05) is 18.5 Å². The highest BCUT2D eigenvalue weighted by atomic mass is 16.1. The molecule has 1 rings (SSSR count). The zero-order valence-corrected chi connectivity index (χ0v) is 7.92. The van der Waals surface area contributed by atoms with Crippen LogP contribution in [0.1, 0.15) is 35.7 Å². The van der Waals surface area contributed by atoms with E-state index in [1.807, 2.05) is 31.2 Å². The van der Waals surface area contributed by atoms with Crippen molar-refractivity contribution in [2.45, 2.75) is 26.3 Å². The molecule has 0 fully saturated rings. The lowest BCUT2D eigenvalue weighted by Crippen LogP contribution is -2.00. The second-order valence-electron chi connectivity index (χ2n) is 3.07. The van der Waals surface area contributed by atoms with Gasteiger partial charge in [0.2, 0.25) is 0 Å². The minimum absolute atomic E-state index is 0.214. The molecule has 0 aliphatic carbocycles. The molecule has 13 heavy (non-hydrogen) atoms. The van der Waals surface area contributed by atoms with Crippen molar-refractivity contribution in [2.24, 2.45) is 5.73 Å². The molecular weight excluding hydrogens is 162 g/mol. The maximum atomic E-state index is 11.4. The van der Waals surface area contributed by atoms with E-state index in [0.717, 1.165) is 17.5 Å². The Labute approximate surface area is 78.8 Å². The Hall–Kier alpha value is -1.15. The smallest absolute Gasteiger partial charge is 0.162 e. The van der Waals surface area contributed by atoms with Crippen molar-refractivity contribution in [1.82, 2.24) is 0 Å². The second kappa shape index (κ2) is 4.77. The standard InChI is InChI=1S/C11H15NO/c1-2-3-11(13)10-6-4-9(8-12)5-7-10/h4-7H,2-3,8,12H2,1H3. The zero-order chi connectivity index (χ0) is 9.68. The third kappa shape index (κ3) is 2.67. The van der Waals surface area contributed by atoms with Crippen LogP contribution in [0, 0.1) is 0 Å². The number of hydrogen-bond donors (Lipinski definition) is 1. The molecule has 0 bridgehead atoms. The van der Waals surface area contributed by atoms with E-state index in [1.165, 1.54) is 0 Å². The van der Waals surface area contributed by atoms with E-state index in [0.29, 0.717) is 13.0 Å². The number of hydrogen-bond acceptors (Lipinski definition) is 2. The minimum Gasteiger partial charge on any atom is -0.326 e. The molecule has 0 spiro atoms. The van der Waals surface area contributed by atoms with Crippen LogP contribution < -0.4 is 5.73 Å². The Balaban J connectivity index is 2.74. The zero-order valence-electron chi connectivity index (χ0n) is 7.92. The van der Waals surface area contributed by atoms with Crippen LogP contribution in [-0.2, 0) is 6.54 Å². The predicted molar refractivity (Wildman–Crippen MR) is 53.6 cm³/mol. The highest BCUT2D eigenvalue weighted by molar-refractivity contribution is 5.95. The van der Waals surface area contributed by atoms with Crippen LogP contribution in [0.3, 0.4) is 0 Å². The van der Waals surface area contributed by atoms with Crippen molar-refractivity contribution in [3.05, 3.63) is 35.4 Å². The van der Waals surface area contributed by atoms with Crippen molar-refractivity contribution in [1.29, 1.82) is 0 Å². The molecule has 0 aliphatic heterocycles. The molecule has 0 amide bonds. The summed E-state index contributed by atoms with van der Waals surface area (Å²) in [5, 5.41) is 0. The Bertz CT molecular complexity index is 277. The third-order valence-electron chi connectivity index (χ3n) is 1.99. The van der Waals surface area contributed by atoms with E-state index in [2.05, 4.69) is 0 Å². The second-order valence-corrected chi connectivity index (χ2v) is 3.07. The number of Topliss-reactive ketones (excluding diaryl/α,β-unsaturated/α-hetero) is 1. The molecule has 0 heterocycles. The fourth-order valence-corrected chi connectivity index (χ4v) is 1.20. The normalized spacial score (nSPS) is 10.0. The van der Waals surface area contributed by atoms with Crippen LogP contribution in [0.4, 0.5) is 0 Å². The van der Waals surface area contributed by atoms with Gasteiger partial charge in [-0.15, -0.1) is 0 Å². The molecule has 0 unspecified atom stereocenters. The van der Waals surface area contributed by atoms with E-state index in [1.54, 1.807) is 0 Å². The lowest BCUT2D eigenvalue weighted by atomic mass is 10.1. The van der Waals surface area contributed by atoms with Crippen LogP contribution in [0.2, 0.25) is 0 Å². The van der Waals surface area contributed by atoms with Crippen LogP contribution in [-0.4, -0.2) is 5.78 Å². The van der Waals surface area contributed by atoms with Gasteiger partial charge >= 0.3 is 0 Å². The number of carbonyl (C=O) groups excluding carboxylic acids is 1. The van der Waals surface area contributed by atoms with Gasteiger partial charge in [0.15, 0.2) is 5.78 Å². The van der Waals surface area contributed by atoms with Gasteiger partial charge in [-0.05, 0) is 12.0 Å². The maximum absolute atomic E-state index is 11.4. The van der Waals surface area contributed by atoms with Crippen LogP contribution in [0.5, 0.6) is 0 Å². The van der Waals surface area contributed by atoms with E-state index in [-0.39, 0.29) is 5.78 Å². The lowest BCUT2D eigenvalue weighted by Gasteiger charge is -2.00. The summed E-state index contributed by atoms with van der Waals surface area (Å²) in [6.07, 6.45) is 1.53. The van der Waals surface area contributed by atoms with Gasteiger partial charge < -0.3 is 5.73 Å². The molecule has 2 N–H and O–H groups in total. The summed E-state index contributed by atoms with van der Waals surface area (Å²) in [6.45, 7) is 2.54. The first-order valence-electron chi connectivity index (χ1n) is 4.60. The van der Waals surface area contributed by atoms with Crippen molar-refractivity contribution in [3.63, 3.8) is 0 Å². The van der Waals surface area contributed by atoms with E-state index >= 15 is 0 Å². The van der Waals surface area contributed by atoms with Crippen molar-refractivity contribution >= 4 is 5.78 Å². The number of carbonyl (C=O) groups is 1. The molecule has 0 radical (unpaired) electrons. The van der Waals surface area contributed by atoms with Gasteiger partial charge in [0.1, 0.15) is 0 Å². The number of benzene rings is 1. The van der Waals surface area contributed by atoms with E-state index in [4.69, 9.17) is 5.73 Å². The van der Waals surface area contributed by atoms with Crippen molar-refractivity contribution < 1.29 is 4.79 Å². The molecule has 1 aromatic rings. The molecule has 2 nitrogen and oxygen atoms in total. The van der Waals surface area contributed by atoms with Crippen LogP contribution in [0.15, 0.2) is 24.3 Å². The monoisotopic (exact) mass is 177 g/mol. The molecule has 0 saturated carbocycles. The highest BCUT2D eigenvalue weighted by Crippen LogP contribution is 2.07. The van der Waals surface area contributed by atoms with E-state index < -0.39 is 0 Å². The Morgan fingerprint density at radius 1 is 1.31 bits per heavy atom. The summed E-state index contributed by atoms with van der Waals surface area (Å²) >= 11 is 0. The summed E-state index contributed by atoms with van der Waals surface area (Å²) in [5.41, 5.74) is 7.30. The first kappa shape index (κ1) is 9.93. The molecular formula is C11H15NO. The quantitative estimate of drug-likeness (QED) is 0.716. The molecule has 0 aromatic heterocycles. The predicted octanol–water partition coefficient (Wildman–Crippen LogP) is 2.13. The Morgan fingerprint density at radius 2 is 1.92 bits per heavy atom. The van der Waals surface area contributed by atoms with Gasteiger partial charge in [0.25, 0.3) is 0 Å². The summed E-state index contributed by atoms with van der Waals surface area (Å²) in [5.74, 6) is 0.214. The fourth-order valence-electron chi connectivity index (χ4n) is 1.20. The third-order valence-corrected chi connectivity index (χ3v) is 1.99. The summed E-state index contributed by atoms with van der Waals surface area (Å²) < 4.78 is 0. The Morgan fingerprint density at radius 3 is 2.38 bits per heavy atom. The van der Waals surface area contributed by atoms with E-state index in [9.17, 15) is 4.79 Å². The first-order valence-corrected chi connectivity index (χ1v) is 4.60. The summed E-state index contributed by atoms with van der Waals surface area (Å²) in [7, 11) is 0. The average molecular weight is 177 g/mol. The molecule has 1 aromatic carbocycles. The molecule has 0 atom stereocenters. The van der Waals surface area contributed by atoms with Gasteiger partial charge in [0.05, 0.1) is 0 Å². The number of ketones is 1. The van der Waals surface area contributed by atoms with Gasteiger partial charge in [-0.3, -0.25) is 4.79 Å². The maximum Gasteiger partial charge on any atom is 0.162 e. The Kier molecular flexibility index (Phi) is 3.65. The number of rotatable bonds is 4. The number of nitrogens with two attached hydrogens (primary N) is 1. The van der Waals surface area contributed by atoms with Crippen molar-refractivity contribution in [3.8, 4) is 0 Å². The van der Waals surface area contributed by atoms with Crippen LogP contribution in [0.25, 0.3) is 0 Å². The topological polar surface area (TPSA) is 43.1 Å². The SMILES string of the molecule is CCCC(=O)c1ccc(CN)cc1. The molecule has 2 heteroatoms. The minimum atomic E-state index is 0.214. The summed E-state index contributed by atoms with van der Waals surface area (Å²) in [4.78, 5) is 11.4. The molecule has 0 saturated heterocycles. The summed E-state index contributed by atoms with van der Waals surface area (Å²) in [6, 6.07) is 7.51. The van der Waals surface area contributed by atoms with Gasteiger partial charge in [-0.1, -0.05) is 31.2 Å². The lowest BCUT2D eigenvalue weighted by molar-refractivity contribution is 0.0982. The van der Waals surface area contributed by atoms with Crippen molar-refractivity contribution in [2.75, 3.05) is 0 Å². The van der Waals surface area contributed by atoms with Crippen LogP contribution >= 0.6 is 0 Å². The van der Waals surface area contributed by atoms with Gasteiger partial charge in [-0.2, -0.15) is 0 Å². The fraction of sp³-hybridized carbons (Fsp3) is 0.364. The molecule has 70 valence electrons. The highest BCUT2D eigenvalue weighted by Gasteiger charge is 2.02.